The van der Waals surface area contributed by atoms with Crippen LogP contribution in [0.25, 0.3) is 6.08 Å². The molecule has 4 heteroatoms. The predicted molar refractivity (Wildman–Crippen MR) is 94.9 cm³/mol. The zero-order valence-corrected chi connectivity index (χ0v) is 15.0. The molecule has 1 nitrogen and oxygen atoms in total. The average molecular weight is 402 g/mol. The van der Waals surface area contributed by atoms with Crippen molar-refractivity contribution in [2.24, 2.45) is 0 Å². The molecule has 1 aromatic heterocycles. The molecule has 19 heavy (non-hydrogen) atoms. The van der Waals surface area contributed by atoms with E-state index in [0.29, 0.717) is 0 Å². The molecule has 0 aromatic carbocycles. The van der Waals surface area contributed by atoms with Crippen molar-refractivity contribution < 1.29 is 4.42 Å². The van der Waals surface area contributed by atoms with Gasteiger partial charge in [0.05, 0.1) is 15.0 Å². The molecule has 0 aliphatic rings. The van der Waals surface area contributed by atoms with Crippen molar-refractivity contribution in [2.75, 3.05) is 0 Å². The van der Waals surface area contributed by atoms with Crippen LogP contribution >= 0.6 is 31.9 Å². The smallest absolute Gasteiger partial charge is 0.143 e. The van der Waals surface area contributed by atoms with Crippen molar-refractivity contribution >= 4 is 51.4 Å². The fraction of sp³-hybridized carbons (Fsp3) is 0.200. The second-order valence-electron chi connectivity index (χ2n) is 4.44. The molecule has 0 aliphatic heterocycles. The van der Waals surface area contributed by atoms with Crippen LogP contribution in [0.5, 0.6) is 0 Å². The van der Waals surface area contributed by atoms with Gasteiger partial charge in [0, 0.05) is 5.56 Å². The molecule has 0 unspecified atom stereocenters. The van der Waals surface area contributed by atoms with E-state index in [2.05, 4.69) is 57.7 Å². The third-order valence-corrected chi connectivity index (χ3v) is 8.00. The first kappa shape index (κ1) is 16.5. The molecule has 102 valence electrons. The first-order chi connectivity index (χ1) is 9.07. The standard InChI is InChI=1S/C15H18Br2OSi/c1-4-7-19(8-5-2,9-6-3)15-11-13(12-18-15)10-14(16)17/h4-6,10-12H,1-3,7-9H2. The largest absolute Gasteiger partial charge is 0.474 e. The average Bonchev–Trinajstić information content (AvgIpc) is 2.78. The Hall–Kier alpha value is -0.583. The highest BCUT2D eigenvalue weighted by Crippen LogP contribution is 2.25. The lowest BCUT2D eigenvalue weighted by Crippen LogP contribution is -2.45. The second-order valence-corrected chi connectivity index (χ2v) is 11.5. The summed E-state index contributed by atoms with van der Waals surface area (Å²) >= 11 is 6.72. The fourth-order valence-corrected chi connectivity index (χ4v) is 6.28. The van der Waals surface area contributed by atoms with Crippen molar-refractivity contribution in [3.05, 3.63) is 59.2 Å². The lowest BCUT2D eigenvalue weighted by molar-refractivity contribution is 0.595. The molecule has 0 atom stereocenters. The van der Waals surface area contributed by atoms with Gasteiger partial charge in [-0.3, -0.25) is 0 Å². The summed E-state index contributed by atoms with van der Waals surface area (Å²) in [5, 5.41) is 1.08. The third-order valence-electron chi connectivity index (χ3n) is 3.02. The van der Waals surface area contributed by atoms with E-state index in [-0.39, 0.29) is 0 Å². The summed E-state index contributed by atoms with van der Waals surface area (Å²) < 4.78 is 6.72. The Labute approximate surface area is 133 Å². The maximum absolute atomic E-state index is 5.82. The Kier molecular flexibility index (Phi) is 6.83. The SMILES string of the molecule is C=CC[Si](CC=C)(CC=C)c1cc(C=C(Br)Br)co1. The molecular formula is C15H18Br2OSi. The van der Waals surface area contributed by atoms with Crippen LogP contribution in [0.2, 0.25) is 18.1 Å². The van der Waals surface area contributed by atoms with E-state index in [1.807, 2.05) is 24.3 Å². The molecule has 0 saturated carbocycles. The van der Waals surface area contributed by atoms with E-state index >= 15 is 0 Å². The molecule has 0 amide bonds. The minimum absolute atomic E-state index is 0.899. The van der Waals surface area contributed by atoms with Crippen LogP contribution < -0.4 is 5.38 Å². The zero-order chi connectivity index (χ0) is 14.3. The highest BCUT2D eigenvalue weighted by Gasteiger charge is 2.34. The highest BCUT2D eigenvalue weighted by atomic mass is 79.9. The first-order valence-electron chi connectivity index (χ1n) is 6.02. The highest BCUT2D eigenvalue weighted by molar-refractivity contribution is 9.28. The van der Waals surface area contributed by atoms with Gasteiger partial charge in [-0.15, -0.1) is 19.7 Å². The number of halogens is 2. The van der Waals surface area contributed by atoms with Crippen LogP contribution in [0.15, 0.2) is 58.1 Å². The van der Waals surface area contributed by atoms with Crippen LogP contribution in [0, 0.1) is 0 Å². The van der Waals surface area contributed by atoms with Crippen molar-refractivity contribution in [3.8, 4) is 0 Å². The molecule has 0 bridgehead atoms. The van der Waals surface area contributed by atoms with Crippen molar-refractivity contribution in [1.29, 1.82) is 0 Å². The van der Waals surface area contributed by atoms with Crippen LogP contribution in [-0.4, -0.2) is 8.07 Å². The summed E-state index contributed by atoms with van der Waals surface area (Å²) in [7, 11) is -1.78. The van der Waals surface area contributed by atoms with Crippen LogP contribution in [0.4, 0.5) is 0 Å². The monoisotopic (exact) mass is 400 g/mol. The van der Waals surface area contributed by atoms with Crippen molar-refractivity contribution in [2.45, 2.75) is 18.1 Å². The van der Waals surface area contributed by atoms with Gasteiger partial charge in [-0.2, -0.15) is 0 Å². The predicted octanol–water partition coefficient (Wildman–Crippen LogP) is 5.58. The van der Waals surface area contributed by atoms with Crippen LogP contribution in [-0.2, 0) is 0 Å². The first-order valence-corrected chi connectivity index (χ1v) is 10.2. The van der Waals surface area contributed by atoms with Gasteiger partial charge in [-0.1, -0.05) is 18.2 Å². The molecule has 0 aliphatic carbocycles. The van der Waals surface area contributed by atoms with Gasteiger partial charge in [0.25, 0.3) is 0 Å². The molecule has 0 N–H and O–H groups in total. The topological polar surface area (TPSA) is 13.1 Å². The molecule has 1 heterocycles. The fourth-order valence-electron chi connectivity index (χ4n) is 2.21. The Morgan fingerprint density at radius 2 is 1.63 bits per heavy atom. The van der Waals surface area contributed by atoms with E-state index in [4.69, 9.17) is 4.42 Å². The van der Waals surface area contributed by atoms with Crippen LogP contribution in [0.3, 0.4) is 0 Å². The van der Waals surface area contributed by atoms with Gasteiger partial charge in [0.15, 0.2) is 0 Å². The summed E-state index contributed by atoms with van der Waals surface area (Å²) in [5.41, 5.74) is 1.05. The van der Waals surface area contributed by atoms with Gasteiger partial charge in [0.1, 0.15) is 8.07 Å². The summed E-state index contributed by atoms with van der Waals surface area (Å²) in [5.74, 6) is 0. The number of allylic oxidation sites excluding steroid dienone is 3. The van der Waals surface area contributed by atoms with Gasteiger partial charge in [-0.25, -0.2) is 0 Å². The molecule has 0 saturated heterocycles. The van der Waals surface area contributed by atoms with Gasteiger partial charge in [0.2, 0.25) is 0 Å². The van der Waals surface area contributed by atoms with Gasteiger partial charge >= 0.3 is 0 Å². The third kappa shape index (κ3) is 4.47. The molecular weight excluding hydrogens is 384 g/mol. The van der Waals surface area contributed by atoms with Gasteiger partial charge < -0.3 is 4.42 Å². The Balaban J connectivity index is 3.18. The number of hydrogen-bond donors (Lipinski definition) is 0. The van der Waals surface area contributed by atoms with Gasteiger partial charge in [-0.05, 0) is 62.1 Å². The minimum Gasteiger partial charge on any atom is -0.474 e. The maximum atomic E-state index is 5.82. The van der Waals surface area contributed by atoms with E-state index in [1.165, 1.54) is 0 Å². The summed E-state index contributed by atoms with van der Waals surface area (Å²) in [6.45, 7) is 11.7. The Morgan fingerprint density at radius 3 is 2.05 bits per heavy atom. The molecule has 0 radical (unpaired) electrons. The van der Waals surface area contributed by atoms with E-state index in [0.717, 1.165) is 32.5 Å². The quantitative estimate of drug-likeness (QED) is 0.409. The normalized spacial score (nSPS) is 10.8. The minimum atomic E-state index is -1.78. The molecule has 1 aromatic rings. The summed E-state index contributed by atoms with van der Waals surface area (Å²) in [6.07, 6.45) is 9.71. The molecule has 0 fully saturated rings. The Morgan fingerprint density at radius 1 is 1.11 bits per heavy atom. The van der Waals surface area contributed by atoms with E-state index in [1.54, 1.807) is 6.26 Å². The van der Waals surface area contributed by atoms with E-state index < -0.39 is 8.07 Å². The number of furan rings is 1. The lowest BCUT2D eigenvalue weighted by atomic mass is 10.3. The Bertz CT molecular complexity index is 458. The molecule has 0 spiro atoms. The number of hydrogen-bond acceptors (Lipinski definition) is 1. The maximum Gasteiger partial charge on any atom is 0.143 e. The molecule has 1 rings (SSSR count). The zero-order valence-electron chi connectivity index (χ0n) is 10.9. The second kappa shape index (κ2) is 7.87. The number of rotatable bonds is 8. The lowest BCUT2D eigenvalue weighted by Gasteiger charge is -2.25. The summed E-state index contributed by atoms with van der Waals surface area (Å²) in [6, 6.07) is 5.02. The van der Waals surface area contributed by atoms with Crippen molar-refractivity contribution in [3.63, 3.8) is 0 Å². The summed E-state index contributed by atoms with van der Waals surface area (Å²) in [4.78, 5) is 0. The van der Waals surface area contributed by atoms with Crippen LogP contribution in [0.1, 0.15) is 5.56 Å². The van der Waals surface area contributed by atoms with Crippen molar-refractivity contribution in [1.82, 2.24) is 0 Å². The van der Waals surface area contributed by atoms with E-state index in [9.17, 15) is 0 Å².